The van der Waals surface area contributed by atoms with Crippen molar-refractivity contribution in [2.45, 2.75) is 13.8 Å². The van der Waals surface area contributed by atoms with Crippen molar-refractivity contribution in [3.05, 3.63) is 62.5 Å². The van der Waals surface area contributed by atoms with Crippen molar-refractivity contribution >= 4 is 28.4 Å². The zero-order chi connectivity index (χ0) is 14.1. The summed E-state index contributed by atoms with van der Waals surface area (Å²) in [6.45, 7) is 4.12. The van der Waals surface area contributed by atoms with Crippen LogP contribution in [0.1, 0.15) is 22.4 Å². The van der Waals surface area contributed by atoms with E-state index in [9.17, 15) is 4.79 Å². The lowest BCUT2D eigenvalue weighted by molar-refractivity contribution is 0.897. The molecule has 3 aromatic rings. The monoisotopic (exact) mass is 283 g/mol. The topological polar surface area (TPSA) is 47.3 Å². The van der Waals surface area contributed by atoms with E-state index in [1.807, 2.05) is 12.2 Å². The Morgan fingerprint density at radius 3 is 2.90 bits per heavy atom. The van der Waals surface area contributed by atoms with Gasteiger partial charge in [-0.3, -0.25) is 4.79 Å². The van der Waals surface area contributed by atoms with Crippen molar-refractivity contribution in [1.29, 1.82) is 0 Å². The molecule has 0 bridgehead atoms. The first-order valence-corrected chi connectivity index (χ1v) is 7.10. The highest BCUT2D eigenvalue weighted by Gasteiger charge is 2.02. The van der Waals surface area contributed by atoms with E-state index < -0.39 is 0 Å². The van der Waals surface area contributed by atoms with E-state index in [1.165, 1.54) is 33.0 Å². The van der Waals surface area contributed by atoms with Gasteiger partial charge in [-0.25, -0.2) is 4.98 Å². The van der Waals surface area contributed by atoms with E-state index in [0.29, 0.717) is 10.7 Å². The number of fused-ring (bicyclic) bond motifs is 1. The van der Waals surface area contributed by atoms with Crippen LogP contribution in [-0.2, 0) is 0 Å². The Hall–Kier alpha value is -2.27. The molecule has 0 aliphatic rings. The first-order valence-electron chi connectivity index (χ1n) is 6.22. The van der Waals surface area contributed by atoms with Crippen molar-refractivity contribution in [2.75, 3.05) is 0 Å². The molecular formula is C15H13N3OS. The molecule has 0 fully saturated rings. The molecule has 5 heteroatoms. The number of hydrogen-bond donors (Lipinski definition) is 0. The predicted molar refractivity (Wildman–Crippen MR) is 82.0 cm³/mol. The number of aryl methyl sites for hydroxylation is 2. The number of benzene rings is 1. The molecule has 3 rings (SSSR count). The molecule has 2 heterocycles. The van der Waals surface area contributed by atoms with Gasteiger partial charge in [-0.05, 0) is 31.1 Å². The van der Waals surface area contributed by atoms with E-state index in [0.717, 1.165) is 5.56 Å². The minimum atomic E-state index is -0.156. The van der Waals surface area contributed by atoms with Gasteiger partial charge in [-0.1, -0.05) is 41.2 Å². The van der Waals surface area contributed by atoms with Crippen LogP contribution in [0.3, 0.4) is 0 Å². The predicted octanol–water partition coefficient (Wildman–Crippen LogP) is 2.94. The first kappa shape index (κ1) is 12.7. The lowest BCUT2D eigenvalue weighted by Crippen LogP contribution is -2.13. The largest absolute Gasteiger partial charge is 0.275 e. The summed E-state index contributed by atoms with van der Waals surface area (Å²) < 4.78 is 1.31. The molecule has 0 saturated carbocycles. The summed E-state index contributed by atoms with van der Waals surface area (Å²) in [5, 5.41) is 3.94. The third-order valence-corrected chi connectivity index (χ3v) is 3.75. The van der Waals surface area contributed by atoms with Gasteiger partial charge in [0.25, 0.3) is 5.56 Å². The van der Waals surface area contributed by atoms with Crippen molar-refractivity contribution < 1.29 is 0 Å². The zero-order valence-electron chi connectivity index (χ0n) is 11.2. The minimum absolute atomic E-state index is 0.156. The highest BCUT2D eigenvalue weighted by molar-refractivity contribution is 7.14. The molecule has 0 atom stereocenters. The molecule has 4 nitrogen and oxygen atoms in total. The summed E-state index contributed by atoms with van der Waals surface area (Å²) in [6.07, 6.45) is 3.85. The molecule has 2 aromatic heterocycles. The van der Waals surface area contributed by atoms with E-state index in [1.54, 1.807) is 5.51 Å². The standard InChI is InChI=1S/C15H13N3OS/c1-10-3-4-11(2)12(7-10)5-6-13-8-14(19)18-15(17-13)20-9-16-18/h3-9H,1-2H3/b6-5+. The highest BCUT2D eigenvalue weighted by Crippen LogP contribution is 2.14. The third-order valence-electron chi connectivity index (χ3n) is 3.08. The second-order valence-corrected chi connectivity index (χ2v) is 5.46. The van der Waals surface area contributed by atoms with Gasteiger partial charge >= 0.3 is 0 Å². The van der Waals surface area contributed by atoms with Gasteiger partial charge in [0.2, 0.25) is 4.96 Å². The fourth-order valence-electron chi connectivity index (χ4n) is 1.97. The van der Waals surface area contributed by atoms with E-state index in [4.69, 9.17) is 0 Å². The maximum atomic E-state index is 11.8. The van der Waals surface area contributed by atoms with Gasteiger partial charge in [-0.15, -0.1) is 0 Å². The van der Waals surface area contributed by atoms with Crippen LogP contribution in [-0.4, -0.2) is 14.6 Å². The number of aromatic nitrogens is 3. The molecule has 100 valence electrons. The van der Waals surface area contributed by atoms with Crippen LogP contribution in [0.15, 0.2) is 34.6 Å². The fraction of sp³-hybridized carbons (Fsp3) is 0.133. The summed E-state index contributed by atoms with van der Waals surface area (Å²) in [4.78, 5) is 16.8. The second-order valence-electron chi connectivity index (χ2n) is 4.65. The SMILES string of the molecule is Cc1ccc(C)c(/C=C/c2cc(=O)n3ncsc3n2)c1. The van der Waals surface area contributed by atoms with Gasteiger partial charge < -0.3 is 0 Å². The summed E-state index contributed by atoms with van der Waals surface area (Å²) in [5.41, 5.74) is 5.65. The van der Waals surface area contributed by atoms with Crippen molar-refractivity contribution in [3.63, 3.8) is 0 Å². The molecule has 0 radical (unpaired) electrons. The average Bonchev–Trinajstić information content (AvgIpc) is 2.89. The van der Waals surface area contributed by atoms with Gasteiger partial charge in [0.1, 0.15) is 5.51 Å². The quantitative estimate of drug-likeness (QED) is 0.726. The number of nitrogens with zero attached hydrogens (tertiary/aromatic N) is 3. The highest BCUT2D eigenvalue weighted by atomic mass is 32.1. The molecule has 20 heavy (non-hydrogen) atoms. The Bertz CT molecular complexity index is 861. The Morgan fingerprint density at radius 2 is 2.05 bits per heavy atom. The van der Waals surface area contributed by atoms with E-state index >= 15 is 0 Å². The Kier molecular flexibility index (Phi) is 3.20. The Morgan fingerprint density at radius 1 is 1.20 bits per heavy atom. The fourth-order valence-corrected chi connectivity index (χ4v) is 2.60. The lowest BCUT2D eigenvalue weighted by Gasteiger charge is -2.01. The normalized spacial score (nSPS) is 11.5. The molecule has 0 amide bonds. The van der Waals surface area contributed by atoms with Crippen molar-refractivity contribution in [1.82, 2.24) is 14.6 Å². The minimum Gasteiger partial charge on any atom is -0.267 e. The molecule has 0 aliphatic heterocycles. The van der Waals surface area contributed by atoms with E-state index in [2.05, 4.69) is 42.1 Å². The molecule has 0 saturated heterocycles. The van der Waals surface area contributed by atoms with Crippen LogP contribution in [0, 0.1) is 13.8 Å². The Balaban J connectivity index is 2.02. The maximum absolute atomic E-state index is 11.8. The van der Waals surface area contributed by atoms with Crippen LogP contribution in [0.4, 0.5) is 0 Å². The smallest absolute Gasteiger partial charge is 0.267 e. The maximum Gasteiger partial charge on any atom is 0.275 e. The molecule has 0 N–H and O–H groups in total. The summed E-state index contributed by atoms with van der Waals surface area (Å²) in [5.74, 6) is 0. The van der Waals surface area contributed by atoms with Crippen molar-refractivity contribution in [2.24, 2.45) is 0 Å². The van der Waals surface area contributed by atoms with Crippen LogP contribution in [0.2, 0.25) is 0 Å². The molecule has 0 unspecified atom stereocenters. The van der Waals surface area contributed by atoms with Crippen LogP contribution >= 0.6 is 11.3 Å². The van der Waals surface area contributed by atoms with Gasteiger partial charge in [0, 0.05) is 6.07 Å². The third kappa shape index (κ3) is 2.40. The van der Waals surface area contributed by atoms with Crippen LogP contribution < -0.4 is 5.56 Å². The number of rotatable bonds is 2. The van der Waals surface area contributed by atoms with Crippen LogP contribution in [0.25, 0.3) is 17.1 Å². The van der Waals surface area contributed by atoms with Crippen molar-refractivity contribution in [3.8, 4) is 0 Å². The first-order chi connectivity index (χ1) is 9.63. The molecule has 1 aromatic carbocycles. The van der Waals surface area contributed by atoms with Gasteiger partial charge in [-0.2, -0.15) is 9.61 Å². The number of hydrogen-bond acceptors (Lipinski definition) is 4. The average molecular weight is 283 g/mol. The summed E-state index contributed by atoms with van der Waals surface area (Å²) in [7, 11) is 0. The lowest BCUT2D eigenvalue weighted by atomic mass is 10.1. The summed E-state index contributed by atoms with van der Waals surface area (Å²) in [6, 6.07) is 7.78. The second kappa shape index (κ2) is 5.02. The molecule has 0 spiro atoms. The Labute approximate surface area is 120 Å². The zero-order valence-corrected chi connectivity index (χ0v) is 12.0. The molecular weight excluding hydrogens is 270 g/mol. The summed E-state index contributed by atoms with van der Waals surface area (Å²) >= 11 is 1.35. The van der Waals surface area contributed by atoms with Crippen LogP contribution in [0.5, 0.6) is 0 Å². The molecule has 0 aliphatic carbocycles. The van der Waals surface area contributed by atoms with Gasteiger partial charge in [0.15, 0.2) is 0 Å². The van der Waals surface area contributed by atoms with E-state index in [-0.39, 0.29) is 5.56 Å². The van der Waals surface area contributed by atoms with Gasteiger partial charge in [0.05, 0.1) is 5.69 Å².